The minimum absolute atomic E-state index is 0.281. The molecular formula is C17H15ClN2O4. The fraction of sp³-hybridized carbons (Fsp3) is 0.235. The molecule has 124 valence electrons. The third kappa shape index (κ3) is 3.33. The lowest BCUT2D eigenvalue weighted by Crippen LogP contribution is -2.40. The Kier molecular flexibility index (Phi) is 4.66. The maximum atomic E-state index is 12.5. The van der Waals surface area contributed by atoms with Crippen LogP contribution in [0.3, 0.4) is 0 Å². The topological polar surface area (TPSA) is 79.7 Å². The zero-order chi connectivity index (χ0) is 17.1. The predicted molar refractivity (Wildman–Crippen MR) is 87.5 cm³/mol. The van der Waals surface area contributed by atoms with Crippen LogP contribution in [0.1, 0.15) is 23.2 Å². The van der Waals surface area contributed by atoms with Crippen molar-refractivity contribution in [1.29, 1.82) is 0 Å². The van der Waals surface area contributed by atoms with E-state index in [1.165, 1.54) is 11.0 Å². The molecule has 1 saturated heterocycles. The molecule has 3 rings (SSSR count). The molecule has 1 aromatic heterocycles. The monoisotopic (exact) mass is 346 g/mol. The van der Waals surface area contributed by atoms with E-state index in [1.54, 1.807) is 36.7 Å². The van der Waals surface area contributed by atoms with Crippen molar-refractivity contribution in [2.75, 3.05) is 6.54 Å². The van der Waals surface area contributed by atoms with Gasteiger partial charge in [-0.3, -0.25) is 9.78 Å². The van der Waals surface area contributed by atoms with Crippen LogP contribution in [0, 0.1) is 0 Å². The lowest BCUT2D eigenvalue weighted by Gasteiger charge is -2.21. The molecule has 1 N–H and O–H groups in total. The highest BCUT2D eigenvalue weighted by Gasteiger charge is 2.34. The van der Waals surface area contributed by atoms with Gasteiger partial charge in [0.25, 0.3) is 5.91 Å². The van der Waals surface area contributed by atoms with Crippen molar-refractivity contribution >= 4 is 23.5 Å². The highest BCUT2D eigenvalue weighted by molar-refractivity contribution is 6.32. The molecule has 1 amide bonds. The SMILES string of the molecule is O=C(O)[C@H]1CCCN1C(=O)c1ccc(Oc2ccncc2)c(Cl)c1. The molecule has 7 heteroatoms. The average molecular weight is 347 g/mol. The first-order chi connectivity index (χ1) is 11.6. The maximum absolute atomic E-state index is 12.5. The molecule has 1 aromatic carbocycles. The number of aliphatic carboxylic acids is 1. The van der Waals surface area contributed by atoms with Gasteiger partial charge in [0.15, 0.2) is 0 Å². The summed E-state index contributed by atoms with van der Waals surface area (Å²) >= 11 is 6.20. The lowest BCUT2D eigenvalue weighted by atomic mass is 10.1. The molecule has 0 saturated carbocycles. The third-order valence-electron chi connectivity index (χ3n) is 3.86. The minimum Gasteiger partial charge on any atom is -0.480 e. The molecule has 1 atom stereocenters. The molecule has 0 aliphatic carbocycles. The second-order valence-electron chi connectivity index (χ2n) is 5.42. The summed E-state index contributed by atoms with van der Waals surface area (Å²) in [6.45, 7) is 0.433. The van der Waals surface area contributed by atoms with Crippen molar-refractivity contribution < 1.29 is 19.4 Å². The molecule has 1 fully saturated rings. The molecular weight excluding hydrogens is 332 g/mol. The van der Waals surface area contributed by atoms with E-state index in [-0.39, 0.29) is 10.9 Å². The van der Waals surface area contributed by atoms with Crippen molar-refractivity contribution in [2.45, 2.75) is 18.9 Å². The predicted octanol–water partition coefficient (Wildman–Crippen LogP) is 3.22. The Bertz CT molecular complexity index is 766. The van der Waals surface area contributed by atoms with Crippen molar-refractivity contribution in [1.82, 2.24) is 9.88 Å². The first-order valence-electron chi connectivity index (χ1n) is 7.47. The Labute approximate surface area is 143 Å². The van der Waals surface area contributed by atoms with E-state index in [0.29, 0.717) is 36.4 Å². The number of pyridine rings is 1. The Morgan fingerprint density at radius 1 is 1.25 bits per heavy atom. The fourth-order valence-corrected chi connectivity index (χ4v) is 2.90. The van der Waals surface area contributed by atoms with E-state index in [4.69, 9.17) is 16.3 Å². The highest BCUT2D eigenvalue weighted by atomic mass is 35.5. The molecule has 0 spiro atoms. The quantitative estimate of drug-likeness (QED) is 0.919. The van der Waals surface area contributed by atoms with Gasteiger partial charge in [0.2, 0.25) is 0 Å². The van der Waals surface area contributed by atoms with E-state index in [1.807, 2.05) is 0 Å². The summed E-state index contributed by atoms with van der Waals surface area (Å²) in [5.74, 6) is -0.325. The minimum atomic E-state index is -0.982. The van der Waals surface area contributed by atoms with Gasteiger partial charge in [0.1, 0.15) is 17.5 Å². The van der Waals surface area contributed by atoms with Gasteiger partial charge in [-0.15, -0.1) is 0 Å². The zero-order valence-corrected chi connectivity index (χ0v) is 13.4. The number of halogens is 1. The van der Waals surface area contributed by atoms with Gasteiger partial charge in [-0.1, -0.05) is 11.6 Å². The average Bonchev–Trinajstić information content (AvgIpc) is 3.07. The Morgan fingerprint density at radius 3 is 2.67 bits per heavy atom. The van der Waals surface area contributed by atoms with Gasteiger partial charge in [0.05, 0.1) is 5.02 Å². The Balaban J connectivity index is 1.79. The van der Waals surface area contributed by atoms with Gasteiger partial charge in [-0.05, 0) is 43.2 Å². The number of hydrogen-bond donors (Lipinski definition) is 1. The van der Waals surface area contributed by atoms with Crippen molar-refractivity contribution in [3.05, 3.63) is 53.3 Å². The van der Waals surface area contributed by atoms with Crippen LogP contribution in [-0.2, 0) is 4.79 Å². The zero-order valence-electron chi connectivity index (χ0n) is 12.7. The van der Waals surface area contributed by atoms with E-state index in [9.17, 15) is 14.7 Å². The van der Waals surface area contributed by atoms with Crippen LogP contribution in [0.4, 0.5) is 0 Å². The van der Waals surface area contributed by atoms with Gasteiger partial charge < -0.3 is 14.7 Å². The molecule has 1 aliphatic rings. The molecule has 0 unspecified atom stereocenters. The van der Waals surface area contributed by atoms with Gasteiger partial charge in [-0.2, -0.15) is 0 Å². The number of hydrogen-bond acceptors (Lipinski definition) is 4. The number of ether oxygens (including phenoxy) is 1. The van der Waals surface area contributed by atoms with Crippen LogP contribution < -0.4 is 4.74 Å². The number of likely N-dealkylation sites (tertiary alicyclic amines) is 1. The summed E-state index contributed by atoms with van der Waals surface area (Å²) in [5, 5.41) is 9.48. The van der Waals surface area contributed by atoms with Crippen LogP contribution in [0.5, 0.6) is 11.5 Å². The fourth-order valence-electron chi connectivity index (χ4n) is 2.68. The van der Waals surface area contributed by atoms with E-state index < -0.39 is 12.0 Å². The second-order valence-corrected chi connectivity index (χ2v) is 5.83. The van der Waals surface area contributed by atoms with E-state index >= 15 is 0 Å². The molecule has 6 nitrogen and oxygen atoms in total. The Morgan fingerprint density at radius 2 is 2.00 bits per heavy atom. The number of amides is 1. The standard InChI is InChI=1S/C17H15ClN2O4/c18-13-10-11(16(21)20-9-1-2-14(20)17(22)23)3-4-15(13)24-12-5-7-19-8-6-12/h3-8,10,14H,1-2,9H2,(H,22,23)/t14-/m1/s1. The highest BCUT2D eigenvalue weighted by Crippen LogP contribution is 2.31. The molecule has 2 aromatic rings. The Hall–Kier alpha value is -2.60. The van der Waals surface area contributed by atoms with E-state index in [0.717, 1.165) is 0 Å². The molecule has 0 radical (unpaired) electrons. The second kappa shape index (κ2) is 6.88. The van der Waals surface area contributed by atoms with Crippen LogP contribution in [0.2, 0.25) is 5.02 Å². The van der Waals surface area contributed by atoms with Crippen molar-refractivity contribution in [3.63, 3.8) is 0 Å². The number of carbonyl (C=O) groups excluding carboxylic acids is 1. The summed E-state index contributed by atoms with van der Waals surface area (Å²) in [4.78, 5) is 29.0. The van der Waals surface area contributed by atoms with Crippen LogP contribution in [-0.4, -0.2) is 39.5 Å². The number of carbonyl (C=O) groups is 2. The number of rotatable bonds is 4. The first kappa shape index (κ1) is 16.3. The number of aromatic nitrogens is 1. The third-order valence-corrected chi connectivity index (χ3v) is 4.15. The van der Waals surface area contributed by atoms with Crippen molar-refractivity contribution in [3.8, 4) is 11.5 Å². The van der Waals surface area contributed by atoms with Crippen molar-refractivity contribution in [2.24, 2.45) is 0 Å². The first-order valence-corrected chi connectivity index (χ1v) is 7.85. The number of carboxylic acid groups (broad SMARTS) is 1. The smallest absolute Gasteiger partial charge is 0.326 e. The summed E-state index contributed by atoms with van der Waals surface area (Å²) < 4.78 is 5.64. The van der Waals surface area contributed by atoms with Gasteiger partial charge >= 0.3 is 5.97 Å². The number of nitrogens with zero attached hydrogens (tertiary/aromatic N) is 2. The summed E-state index contributed by atoms with van der Waals surface area (Å²) in [6, 6.07) is 7.29. The number of benzene rings is 1. The molecule has 0 bridgehead atoms. The van der Waals surface area contributed by atoms with Gasteiger partial charge in [0, 0.05) is 24.5 Å². The van der Waals surface area contributed by atoms with Crippen LogP contribution in [0.15, 0.2) is 42.7 Å². The van der Waals surface area contributed by atoms with Crippen LogP contribution in [0.25, 0.3) is 0 Å². The normalized spacial score (nSPS) is 16.9. The lowest BCUT2D eigenvalue weighted by molar-refractivity contribution is -0.141. The summed E-state index contributed by atoms with van der Waals surface area (Å²) in [6.07, 6.45) is 4.35. The molecule has 1 aliphatic heterocycles. The summed E-state index contributed by atoms with van der Waals surface area (Å²) in [7, 11) is 0. The van der Waals surface area contributed by atoms with E-state index in [2.05, 4.69) is 4.98 Å². The molecule has 2 heterocycles. The maximum Gasteiger partial charge on any atom is 0.326 e. The number of carboxylic acids is 1. The largest absolute Gasteiger partial charge is 0.480 e. The summed E-state index contributed by atoms with van der Waals surface area (Å²) in [5.41, 5.74) is 0.343. The van der Waals surface area contributed by atoms with Gasteiger partial charge in [-0.25, -0.2) is 4.79 Å². The molecule has 24 heavy (non-hydrogen) atoms. The van der Waals surface area contributed by atoms with Crippen LogP contribution >= 0.6 is 11.6 Å².